The van der Waals surface area contributed by atoms with E-state index in [1.165, 1.54) is 0 Å². The van der Waals surface area contributed by atoms with Crippen LogP contribution in [0.25, 0.3) is 0 Å². The number of carbonyl (C=O) groups excluding carboxylic acids is 2. The molecule has 0 spiro atoms. The summed E-state index contributed by atoms with van der Waals surface area (Å²) in [4.78, 5) is 26.0. The van der Waals surface area contributed by atoms with E-state index >= 15 is 0 Å². The van der Waals surface area contributed by atoms with Gasteiger partial charge in [0.1, 0.15) is 6.04 Å². The molecule has 3 rings (SSSR count). The maximum absolute atomic E-state index is 13.2. The Morgan fingerprint density at radius 1 is 0.892 bits per heavy atom. The summed E-state index contributed by atoms with van der Waals surface area (Å²) in [6, 6.07) is 20.3. The number of sulfonamides is 1. The van der Waals surface area contributed by atoms with Gasteiger partial charge in [0.25, 0.3) is 5.91 Å². The van der Waals surface area contributed by atoms with E-state index in [0.717, 1.165) is 21.7 Å². The molecule has 0 aliphatic carbocycles. The van der Waals surface area contributed by atoms with Crippen molar-refractivity contribution in [1.82, 2.24) is 0 Å². The summed E-state index contributed by atoms with van der Waals surface area (Å²) in [5, 5.41) is 5.66. The molecule has 2 N–H and O–H groups in total. The van der Waals surface area contributed by atoms with Crippen LogP contribution in [0.15, 0.2) is 72.8 Å². The standard InChI is InChI=1S/C29H35N3O4S/c1-7-26(32(37(6,35)36)25-17-11-20(2)12-18-25)28(34)31-24-10-8-9-23(19-24)30-27(33)21-13-15-22(16-14-21)29(3,4)5/h8-19,26H,7H2,1-6H3,(H,30,33)(H,31,34). The Bertz CT molecular complexity index is 1360. The largest absolute Gasteiger partial charge is 0.324 e. The maximum atomic E-state index is 13.2. The molecule has 0 radical (unpaired) electrons. The molecule has 0 aromatic heterocycles. The Morgan fingerprint density at radius 3 is 1.97 bits per heavy atom. The van der Waals surface area contributed by atoms with Crippen molar-refractivity contribution in [2.75, 3.05) is 21.2 Å². The monoisotopic (exact) mass is 521 g/mol. The smallest absolute Gasteiger partial charge is 0.255 e. The normalized spacial score (nSPS) is 12.5. The third kappa shape index (κ3) is 7.20. The Labute approximate surface area is 220 Å². The lowest BCUT2D eigenvalue weighted by atomic mass is 9.87. The van der Waals surface area contributed by atoms with E-state index in [9.17, 15) is 18.0 Å². The van der Waals surface area contributed by atoms with Gasteiger partial charge in [-0.15, -0.1) is 0 Å². The van der Waals surface area contributed by atoms with E-state index in [4.69, 9.17) is 0 Å². The van der Waals surface area contributed by atoms with Crippen molar-refractivity contribution in [1.29, 1.82) is 0 Å². The van der Waals surface area contributed by atoms with Crippen LogP contribution < -0.4 is 14.9 Å². The van der Waals surface area contributed by atoms with Gasteiger partial charge in [0, 0.05) is 16.9 Å². The molecule has 0 saturated heterocycles. The van der Waals surface area contributed by atoms with Crippen LogP contribution in [0.5, 0.6) is 0 Å². The van der Waals surface area contributed by atoms with Crippen molar-refractivity contribution in [3.8, 4) is 0 Å². The van der Waals surface area contributed by atoms with Gasteiger partial charge in [-0.3, -0.25) is 13.9 Å². The van der Waals surface area contributed by atoms with Gasteiger partial charge in [0.05, 0.1) is 11.9 Å². The minimum absolute atomic E-state index is 0.00989. The van der Waals surface area contributed by atoms with E-state index in [1.807, 2.05) is 19.1 Å². The first-order valence-electron chi connectivity index (χ1n) is 12.2. The molecule has 3 aromatic carbocycles. The fourth-order valence-corrected chi connectivity index (χ4v) is 5.19. The highest BCUT2D eigenvalue weighted by molar-refractivity contribution is 7.92. The van der Waals surface area contributed by atoms with Gasteiger partial charge >= 0.3 is 0 Å². The number of nitrogens with one attached hydrogen (secondary N) is 2. The fourth-order valence-electron chi connectivity index (χ4n) is 3.98. The first-order valence-corrected chi connectivity index (χ1v) is 14.0. The van der Waals surface area contributed by atoms with Crippen molar-refractivity contribution in [2.24, 2.45) is 0 Å². The van der Waals surface area contributed by atoms with Crippen LogP contribution in [0.1, 0.15) is 55.6 Å². The van der Waals surface area contributed by atoms with Crippen LogP contribution >= 0.6 is 0 Å². The van der Waals surface area contributed by atoms with E-state index < -0.39 is 22.0 Å². The summed E-state index contributed by atoms with van der Waals surface area (Å²) >= 11 is 0. The minimum Gasteiger partial charge on any atom is -0.324 e. The van der Waals surface area contributed by atoms with E-state index in [1.54, 1.807) is 67.6 Å². The zero-order chi connectivity index (χ0) is 27.4. The molecular formula is C29H35N3O4S. The summed E-state index contributed by atoms with van der Waals surface area (Å²) in [6.07, 6.45) is 1.36. The van der Waals surface area contributed by atoms with Crippen molar-refractivity contribution >= 4 is 38.9 Å². The molecule has 1 atom stereocenters. The van der Waals surface area contributed by atoms with Gasteiger partial charge in [-0.25, -0.2) is 8.42 Å². The molecule has 0 bridgehead atoms. The van der Waals surface area contributed by atoms with Gasteiger partial charge in [-0.2, -0.15) is 0 Å². The highest BCUT2D eigenvalue weighted by Crippen LogP contribution is 2.25. The predicted octanol–water partition coefficient (Wildman–Crippen LogP) is 5.73. The third-order valence-corrected chi connectivity index (χ3v) is 7.20. The molecule has 1 unspecified atom stereocenters. The van der Waals surface area contributed by atoms with E-state index in [-0.39, 0.29) is 17.7 Å². The molecule has 0 saturated carbocycles. The molecule has 7 nitrogen and oxygen atoms in total. The topological polar surface area (TPSA) is 95.6 Å². The van der Waals surface area contributed by atoms with Crippen LogP contribution in [0, 0.1) is 6.92 Å². The number of rotatable bonds is 8. The lowest BCUT2D eigenvalue weighted by molar-refractivity contribution is -0.117. The van der Waals surface area contributed by atoms with E-state index in [2.05, 4.69) is 31.4 Å². The molecule has 0 fully saturated rings. The second kappa shape index (κ2) is 11.2. The molecule has 196 valence electrons. The first-order chi connectivity index (χ1) is 17.3. The van der Waals surface area contributed by atoms with Crippen LogP contribution in [0.3, 0.4) is 0 Å². The Morgan fingerprint density at radius 2 is 1.46 bits per heavy atom. The second-order valence-electron chi connectivity index (χ2n) is 10.2. The SMILES string of the molecule is CCC(C(=O)Nc1cccc(NC(=O)c2ccc(C(C)(C)C)cc2)c1)N(c1ccc(C)cc1)S(C)(=O)=O. The quantitative estimate of drug-likeness (QED) is 0.396. The summed E-state index contributed by atoms with van der Waals surface area (Å²) in [7, 11) is -3.73. The number of nitrogens with zero attached hydrogens (tertiary/aromatic N) is 1. The second-order valence-corrected chi connectivity index (χ2v) is 12.0. The Hall–Kier alpha value is -3.65. The van der Waals surface area contributed by atoms with Gasteiger partial charge in [-0.05, 0) is 66.8 Å². The zero-order valence-electron chi connectivity index (χ0n) is 22.2. The average molecular weight is 522 g/mol. The highest BCUT2D eigenvalue weighted by atomic mass is 32.2. The highest BCUT2D eigenvalue weighted by Gasteiger charge is 2.31. The van der Waals surface area contributed by atoms with Crippen LogP contribution in [0.2, 0.25) is 0 Å². The molecular weight excluding hydrogens is 486 g/mol. The van der Waals surface area contributed by atoms with Gasteiger partial charge < -0.3 is 10.6 Å². The Balaban J connectivity index is 1.77. The lowest BCUT2D eigenvalue weighted by Crippen LogP contribution is -2.47. The van der Waals surface area contributed by atoms with Gasteiger partial charge in [0.15, 0.2) is 0 Å². The van der Waals surface area contributed by atoms with Crippen molar-refractivity contribution in [3.63, 3.8) is 0 Å². The first kappa shape index (κ1) is 27.9. The summed E-state index contributed by atoms with van der Waals surface area (Å²) in [6.45, 7) is 10.0. The number of amides is 2. The van der Waals surface area contributed by atoms with E-state index in [0.29, 0.717) is 22.6 Å². The van der Waals surface area contributed by atoms with Crippen molar-refractivity contribution < 1.29 is 18.0 Å². The Kier molecular flexibility index (Phi) is 8.43. The number of hydrogen-bond acceptors (Lipinski definition) is 4. The molecule has 0 aliphatic rings. The third-order valence-electron chi connectivity index (χ3n) is 6.02. The number of carbonyl (C=O) groups is 2. The molecule has 37 heavy (non-hydrogen) atoms. The van der Waals surface area contributed by atoms with Crippen molar-refractivity contribution in [3.05, 3.63) is 89.5 Å². The molecule has 2 amide bonds. The summed E-state index contributed by atoms with van der Waals surface area (Å²) < 4.78 is 26.5. The maximum Gasteiger partial charge on any atom is 0.255 e. The summed E-state index contributed by atoms with van der Waals surface area (Å²) in [5.41, 5.74) is 4.01. The fraction of sp³-hybridized carbons (Fsp3) is 0.310. The molecule has 0 heterocycles. The minimum atomic E-state index is -3.73. The number of hydrogen-bond donors (Lipinski definition) is 2. The number of anilines is 3. The average Bonchev–Trinajstić information content (AvgIpc) is 2.82. The predicted molar refractivity (Wildman–Crippen MR) is 151 cm³/mol. The van der Waals surface area contributed by atoms with Crippen LogP contribution in [-0.4, -0.2) is 32.5 Å². The summed E-state index contributed by atoms with van der Waals surface area (Å²) in [5.74, 6) is -0.729. The molecule has 3 aromatic rings. The van der Waals surface area contributed by atoms with Crippen molar-refractivity contribution in [2.45, 2.75) is 52.5 Å². The van der Waals surface area contributed by atoms with Crippen LogP contribution in [0.4, 0.5) is 17.1 Å². The lowest BCUT2D eigenvalue weighted by Gasteiger charge is -2.30. The van der Waals surface area contributed by atoms with Gasteiger partial charge in [0.2, 0.25) is 15.9 Å². The number of aryl methyl sites for hydroxylation is 1. The number of benzene rings is 3. The van der Waals surface area contributed by atoms with Crippen LogP contribution in [-0.2, 0) is 20.2 Å². The molecule has 8 heteroatoms. The molecule has 0 aliphatic heterocycles. The van der Waals surface area contributed by atoms with Gasteiger partial charge in [-0.1, -0.05) is 63.6 Å². The zero-order valence-corrected chi connectivity index (χ0v) is 23.0.